The molecule has 3 rings (SSSR count). The highest BCUT2D eigenvalue weighted by Crippen LogP contribution is 2.33. The van der Waals surface area contributed by atoms with Gasteiger partial charge < -0.3 is 19.3 Å². The Morgan fingerprint density at radius 2 is 2.18 bits per heavy atom. The van der Waals surface area contributed by atoms with E-state index in [0.717, 1.165) is 37.6 Å². The normalized spacial score (nSPS) is 28.0. The van der Waals surface area contributed by atoms with Crippen molar-refractivity contribution in [3.8, 4) is 11.5 Å². The van der Waals surface area contributed by atoms with Crippen LogP contribution in [0.2, 0.25) is 0 Å². The third-order valence-electron chi connectivity index (χ3n) is 4.35. The number of likely N-dealkylation sites (tertiary alicyclic amines) is 1. The zero-order chi connectivity index (χ0) is 15.4. The van der Waals surface area contributed by atoms with Crippen molar-refractivity contribution in [3.63, 3.8) is 0 Å². The van der Waals surface area contributed by atoms with Gasteiger partial charge in [0.15, 0.2) is 11.5 Å². The number of aliphatic hydroxyl groups is 1. The van der Waals surface area contributed by atoms with Crippen molar-refractivity contribution < 1.29 is 19.3 Å². The highest BCUT2D eigenvalue weighted by atomic mass is 16.6. The Morgan fingerprint density at radius 1 is 1.36 bits per heavy atom. The average Bonchev–Trinajstić information content (AvgIpc) is 2.89. The smallest absolute Gasteiger partial charge is 0.161 e. The summed E-state index contributed by atoms with van der Waals surface area (Å²) in [6.45, 7) is 7.00. The maximum atomic E-state index is 8.81. The van der Waals surface area contributed by atoms with E-state index >= 15 is 0 Å². The molecule has 122 valence electrons. The second-order valence-corrected chi connectivity index (χ2v) is 6.57. The summed E-state index contributed by atoms with van der Waals surface area (Å²) in [5.74, 6) is 1.68. The first-order valence-corrected chi connectivity index (χ1v) is 7.98. The number of para-hydroxylation sites is 2. The Bertz CT molecular complexity index is 495. The molecule has 1 N–H and O–H groups in total. The predicted molar refractivity (Wildman–Crippen MR) is 83.4 cm³/mol. The highest BCUT2D eigenvalue weighted by molar-refractivity contribution is 5.40. The molecular formula is C17H25NO4. The molecule has 2 heterocycles. The quantitative estimate of drug-likeness (QED) is 0.808. The third-order valence-corrected chi connectivity index (χ3v) is 4.35. The molecule has 5 heteroatoms. The summed E-state index contributed by atoms with van der Waals surface area (Å²) in [5.41, 5.74) is 0.169. The number of hydrogen-bond acceptors (Lipinski definition) is 5. The summed E-state index contributed by atoms with van der Waals surface area (Å²) in [7, 11) is 0. The molecule has 1 saturated heterocycles. The zero-order valence-electron chi connectivity index (χ0n) is 13.2. The molecule has 1 aromatic rings. The fraction of sp³-hybridized carbons (Fsp3) is 0.647. The summed E-state index contributed by atoms with van der Waals surface area (Å²) in [5, 5.41) is 8.81. The van der Waals surface area contributed by atoms with Crippen molar-refractivity contribution in [2.75, 3.05) is 46.1 Å². The summed E-state index contributed by atoms with van der Waals surface area (Å²) in [4.78, 5) is 2.42. The summed E-state index contributed by atoms with van der Waals surface area (Å²) < 4.78 is 17.3. The number of hydrogen-bond donors (Lipinski definition) is 1. The minimum Gasteiger partial charge on any atom is -0.486 e. The van der Waals surface area contributed by atoms with E-state index in [1.54, 1.807) is 0 Å². The van der Waals surface area contributed by atoms with E-state index in [4.69, 9.17) is 19.3 Å². The lowest BCUT2D eigenvalue weighted by Gasteiger charge is -2.30. The van der Waals surface area contributed by atoms with Gasteiger partial charge in [0, 0.05) is 18.5 Å². The standard InChI is InChI=1S/C17H25NO4/c1-17(13-20-9-8-19)6-7-18(12-17)10-14-11-21-15-4-2-3-5-16(15)22-14/h2-5,14,19H,6-13H2,1H3. The first-order valence-electron chi connectivity index (χ1n) is 7.98. The first-order chi connectivity index (χ1) is 10.7. The molecule has 0 aliphatic carbocycles. The van der Waals surface area contributed by atoms with E-state index < -0.39 is 0 Å². The molecule has 2 aliphatic heterocycles. The number of rotatable bonds is 6. The van der Waals surface area contributed by atoms with E-state index in [9.17, 15) is 0 Å². The fourth-order valence-corrected chi connectivity index (χ4v) is 3.22. The van der Waals surface area contributed by atoms with Crippen LogP contribution >= 0.6 is 0 Å². The number of ether oxygens (including phenoxy) is 3. The van der Waals surface area contributed by atoms with Crippen molar-refractivity contribution in [1.29, 1.82) is 0 Å². The average molecular weight is 307 g/mol. The Morgan fingerprint density at radius 3 is 3.00 bits per heavy atom. The molecule has 2 atom stereocenters. The van der Waals surface area contributed by atoms with Gasteiger partial charge >= 0.3 is 0 Å². The topological polar surface area (TPSA) is 51.2 Å². The Kier molecular flexibility index (Phi) is 4.86. The summed E-state index contributed by atoms with van der Waals surface area (Å²) in [6, 6.07) is 7.83. The number of nitrogens with zero attached hydrogens (tertiary/aromatic N) is 1. The predicted octanol–water partition coefficient (Wildman–Crippen LogP) is 1.55. The molecule has 0 aromatic heterocycles. The second-order valence-electron chi connectivity index (χ2n) is 6.57. The molecule has 22 heavy (non-hydrogen) atoms. The van der Waals surface area contributed by atoms with Crippen LogP contribution in [0, 0.1) is 5.41 Å². The van der Waals surface area contributed by atoms with Gasteiger partial charge in [-0.25, -0.2) is 0 Å². The van der Waals surface area contributed by atoms with Crippen LogP contribution < -0.4 is 9.47 Å². The van der Waals surface area contributed by atoms with Gasteiger partial charge in [0.2, 0.25) is 0 Å². The van der Waals surface area contributed by atoms with E-state index in [0.29, 0.717) is 19.8 Å². The molecule has 0 spiro atoms. The number of fused-ring (bicyclic) bond motifs is 1. The lowest BCUT2D eigenvalue weighted by atomic mass is 9.91. The van der Waals surface area contributed by atoms with Gasteiger partial charge in [-0.15, -0.1) is 0 Å². The summed E-state index contributed by atoms with van der Waals surface area (Å²) >= 11 is 0. The highest BCUT2D eigenvalue weighted by Gasteiger charge is 2.35. The van der Waals surface area contributed by atoms with Crippen LogP contribution in [0.3, 0.4) is 0 Å². The van der Waals surface area contributed by atoms with E-state index in [2.05, 4.69) is 11.8 Å². The maximum Gasteiger partial charge on any atom is 0.161 e. The largest absolute Gasteiger partial charge is 0.486 e. The van der Waals surface area contributed by atoms with Crippen molar-refractivity contribution in [2.24, 2.45) is 5.41 Å². The van der Waals surface area contributed by atoms with Crippen LogP contribution in [-0.4, -0.2) is 62.2 Å². The van der Waals surface area contributed by atoms with E-state index in [-0.39, 0.29) is 18.1 Å². The monoisotopic (exact) mass is 307 g/mol. The molecular weight excluding hydrogens is 282 g/mol. The Hall–Kier alpha value is -1.30. The van der Waals surface area contributed by atoms with Crippen molar-refractivity contribution >= 4 is 0 Å². The van der Waals surface area contributed by atoms with Crippen LogP contribution in [0.4, 0.5) is 0 Å². The van der Waals surface area contributed by atoms with Crippen LogP contribution in [0.15, 0.2) is 24.3 Å². The second kappa shape index (κ2) is 6.86. The van der Waals surface area contributed by atoms with Gasteiger partial charge in [0.05, 0.1) is 19.8 Å². The molecule has 0 bridgehead atoms. The molecule has 0 radical (unpaired) electrons. The number of aliphatic hydroxyl groups excluding tert-OH is 1. The Balaban J connectivity index is 1.49. The first kappa shape index (κ1) is 15.6. The van der Waals surface area contributed by atoms with Crippen molar-refractivity contribution in [2.45, 2.75) is 19.4 Å². The van der Waals surface area contributed by atoms with Crippen molar-refractivity contribution in [3.05, 3.63) is 24.3 Å². The van der Waals surface area contributed by atoms with Crippen LogP contribution in [0.5, 0.6) is 11.5 Å². The van der Waals surface area contributed by atoms with Gasteiger partial charge in [-0.1, -0.05) is 19.1 Å². The van der Waals surface area contributed by atoms with Gasteiger partial charge in [0.25, 0.3) is 0 Å². The third kappa shape index (κ3) is 3.72. The minimum atomic E-state index is 0.0793. The fourth-order valence-electron chi connectivity index (χ4n) is 3.22. The maximum absolute atomic E-state index is 8.81. The van der Waals surface area contributed by atoms with Crippen LogP contribution in [0.25, 0.3) is 0 Å². The Labute approximate surface area is 131 Å². The molecule has 2 unspecified atom stereocenters. The van der Waals surface area contributed by atoms with Gasteiger partial charge in [-0.3, -0.25) is 4.90 Å². The SMILES string of the molecule is CC1(COCCO)CCN(CC2COc3ccccc3O2)C1. The van der Waals surface area contributed by atoms with Crippen LogP contribution in [0.1, 0.15) is 13.3 Å². The number of benzene rings is 1. The molecule has 0 saturated carbocycles. The molecule has 2 aliphatic rings. The van der Waals surface area contributed by atoms with Crippen LogP contribution in [-0.2, 0) is 4.74 Å². The van der Waals surface area contributed by atoms with Gasteiger partial charge in [-0.2, -0.15) is 0 Å². The van der Waals surface area contributed by atoms with Crippen molar-refractivity contribution in [1.82, 2.24) is 4.90 Å². The molecule has 1 fully saturated rings. The zero-order valence-corrected chi connectivity index (χ0v) is 13.2. The lowest BCUT2D eigenvalue weighted by molar-refractivity contribution is 0.0293. The van der Waals surface area contributed by atoms with Gasteiger partial charge in [-0.05, 0) is 25.1 Å². The molecule has 1 aromatic carbocycles. The van der Waals surface area contributed by atoms with E-state index in [1.807, 2.05) is 24.3 Å². The lowest BCUT2D eigenvalue weighted by Crippen LogP contribution is -2.41. The molecule has 0 amide bonds. The van der Waals surface area contributed by atoms with E-state index in [1.165, 1.54) is 0 Å². The molecule has 5 nitrogen and oxygen atoms in total. The summed E-state index contributed by atoms with van der Waals surface area (Å²) in [6.07, 6.45) is 1.19. The van der Waals surface area contributed by atoms with Gasteiger partial charge in [0.1, 0.15) is 12.7 Å². The minimum absolute atomic E-state index is 0.0793.